The average molecular weight is 303 g/mol. The van der Waals surface area contributed by atoms with Crippen LogP contribution in [-0.2, 0) is 4.79 Å². The fraction of sp³-hybridized carbons (Fsp3) is 0.500. The molecule has 2 aliphatic rings. The summed E-state index contributed by atoms with van der Waals surface area (Å²) in [6.45, 7) is 0.150. The van der Waals surface area contributed by atoms with E-state index in [1.165, 1.54) is 12.5 Å². The first kappa shape index (κ1) is 15.2. The molecule has 1 aromatic rings. The van der Waals surface area contributed by atoms with Gasteiger partial charge in [-0.25, -0.2) is 4.39 Å². The van der Waals surface area contributed by atoms with Gasteiger partial charge in [0.15, 0.2) is 0 Å². The molecule has 1 aromatic carbocycles. The molecule has 118 valence electrons. The zero-order valence-electron chi connectivity index (χ0n) is 12.5. The van der Waals surface area contributed by atoms with Gasteiger partial charge in [-0.3, -0.25) is 4.79 Å². The summed E-state index contributed by atoms with van der Waals surface area (Å²) in [5.74, 6) is 0.949. The average Bonchev–Trinajstić information content (AvgIpc) is 3.10. The van der Waals surface area contributed by atoms with Crippen LogP contribution in [0.3, 0.4) is 0 Å². The fourth-order valence-corrected chi connectivity index (χ4v) is 4.05. The van der Waals surface area contributed by atoms with Crippen molar-refractivity contribution < 1.29 is 14.3 Å². The molecule has 0 radical (unpaired) electrons. The quantitative estimate of drug-likeness (QED) is 0.879. The van der Waals surface area contributed by atoms with Crippen LogP contribution in [0.2, 0.25) is 0 Å². The molecule has 0 spiro atoms. The summed E-state index contributed by atoms with van der Waals surface area (Å²) < 4.78 is 13.5. The Balaban J connectivity index is 1.54. The van der Waals surface area contributed by atoms with Crippen LogP contribution in [0.5, 0.6) is 0 Å². The van der Waals surface area contributed by atoms with Crippen LogP contribution in [0.1, 0.15) is 31.2 Å². The molecule has 4 heteroatoms. The van der Waals surface area contributed by atoms with Crippen molar-refractivity contribution in [3.05, 3.63) is 41.7 Å². The van der Waals surface area contributed by atoms with E-state index < -0.39 is 0 Å². The number of benzene rings is 1. The molecule has 22 heavy (non-hydrogen) atoms. The lowest BCUT2D eigenvalue weighted by Crippen LogP contribution is -2.45. The van der Waals surface area contributed by atoms with Gasteiger partial charge in [0.1, 0.15) is 5.82 Å². The maximum absolute atomic E-state index is 13.5. The highest BCUT2D eigenvalue weighted by Crippen LogP contribution is 2.48. The van der Waals surface area contributed by atoms with Crippen molar-refractivity contribution in [1.82, 2.24) is 5.32 Å². The zero-order valence-corrected chi connectivity index (χ0v) is 12.5. The maximum Gasteiger partial charge on any atom is 0.224 e. The van der Waals surface area contributed by atoms with E-state index in [9.17, 15) is 14.3 Å². The van der Waals surface area contributed by atoms with Gasteiger partial charge in [0.05, 0.1) is 0 Å². The lowest BCUT2D eigenvalue weighted by molar-refractivity contribution is -0.121. The van der Waals surface area contributed by atoms with E-state index in [1.54, 1.807) is 30.4 Å². The summed E-state index contributed by atoms with van der Waals surface area (Å²) in [4.78, 5) is 12.1. The Morgan fingerprint density at radius 3 is 2.86 bits per heavy atom. The predicted octanol–water partition coefficient (Wildman–Crippen LogP) is 2.75. The Morgan fingerprint density at radius 2 is 2.09 bits per heavy atom. The van der Waals surface area contributed by atoms with Gasteiger partial charge in [-0.2, -0.15) is 0 Å². The maximum atomic E-state index is 13.5. The number of aliphatic hydroxyl groups excluding tert-OH is 1. The second kappa shape index (κ2) is 6.61. The van der Waals surface area contributed by atoms with Gasteiger partial charge in [-0.1, -0.05) is 30.4 Å². The van der Waals surface area contributed by atoms with Gasteiger partial charge in [0, 0.05) is 30.6 Å². The van der Waals surface area contributed by atoms with Crippen LogP contribution >= 0.6 is 0 Å². The molecule has 2 aliphatic carbocycles. The first-order chi connectivity index (χ1) is 10.7. The van der Waals surface area contributed by atoms with E-state index >= 15 is 0 Å². The molecule has 3 nitrogen and oxygen atoms in total. The third kappa shape index (κ3) is 3.07. The van der Waals surface area contributed by atoms with Gasteiger partial charge in [0.2, 0.25) is 5.91 Å². The number of fused-ring (bicyclic) bond motifs is 2. The van der Waals surface area contributed by atoms with E-state index in [1.807, 2.05) is 0 Å². The van der Waals surface area contributed by atoms with Crippen LogP contribution in [0.15, 0.2) is 30.3 Å². The molecular formula is C18H22FNO2. The van der Waals surface area contributed by atoms with Crippen molar-refractivity contribution in [1.29, 1.82) is 0 Å². The van der Waals surface area contributed by atoms with E-state index in [-0.39, 0.29) is 36.7 Å². The highest BCUT2D eigenvalue weighted by atomic mass is 19.1. The molecule has 0 aromatic heterocycles. The van der Waals surface area contributed by atoms with Gasteiger partial charge in [-0.15, -0.1) is 0 Å². The highest BCUT2D eigenvalue weighted by molar-refractivity contribution is 5.79. The highest BCUT2D eigenvalue weighted by Gasteiger charge is 2.47. The Kier molecular flexibility index (Phi) is 4.57. The molecule has 2 bridgehead atoms. The van der Waals surface area contributed by atoms with Gasteiger partial charge >= 0.3 is 0 Å². The van der Waals surface area contributed by atoms with Gasteiger partial charge in [0.25, 0.3) is 0 Å². The monoisotopic (exact) mass is 303 g/mol. The number of hydrogen-bond donors (Lipinski definition) is 2. The van der Waals surface area contributed by atoms with Gasteiger partial charge in [-0.05, 0) is 37.2 Å². The minimum atomic E-state index is -0.285. The lowest BCUT2D eigenvalue weighted by Gasteiger charge is -2.30. The van der Waals surface area contributed by atoms with Crippen LogP contribution in [-0.4, -0.2) is 23.7 Å². The van der Waals surface area contributed by atoms with Crippen molar-refractivity contribution in [2.75, 3.05) is 6.61 Å². The van der Waals surface area contributed by atoms with Crippen molar-refractivity contribution in [3.63, 3.8) is 0 Å². The Labute approximate surface area is 130 Å². The minimum absolute atomic E-state index is 0.0522. The molecule has 2 N–H and O–H groups in total. The molecule has 4 atom stereocenters. The van der Waals surface area contributed by atoms with E-state index in [0.29, 0.717) is 17.4 Å². The topological polar surface area (TPSA) is 49.3 Å². The number of amides is 1. The van der Waals surface area contributed by atoms with Crippen molar-refractivity contribution >= 4 is 12.0 Å². The number of nitrogens with one attached hydrogen (secondary N) is 1. The second-order valence-corrected chi connectivity index (χ2v) is 6.40. The molecule has 3 rings (SSSR count). The smallest absolute Gasteiger partial charge is 0.224 e. The first-order valence-electron chi connectivity index (χ1n) is 8.00. The zero-order chi connectivity index (χ0) is 15.5. The summed E-state index contributed by atoms with van der Waals surface area (Å²) in [6.07, 6.45) is 7.02. The molecule has 0 heterocycles. The van der Waals surface area contributed by atoms with Crippen LogP contribution in [0.4, 0.5) is 4.39 Å². The molecule has 2 saturated carbocycles. The Hall–Kier alpha value is -1.68. The molecular weight excluding hydrogens is 281 g/mol. The number of hydrogen-bond acceptors (Lipinski definition) is 2. The van der Waals surface area contributed by atoms with E-state index in [4.69, 9.17) is 0 Å². The molecule has 4 unspecified atom stereocenters. The van der Waals surface area contributed by atoms with Crippen molar-refractivity contribution in [3.8, 4) is 0 Å². The fourth-order valence-electron chi connectivity index (χ4n) is 4.05. The standard InChI is InChI=1S/C18H22FNO2/c19-16-6-2-1-4-12(16)5-3-7-17(22)20-18-14-9-8-13(10-14)15(18)11-21/h1-6,13-15,18,21H,7-11H2,(H,20,22)/b5-3+. The van der Waals surface area contributed by atoms with Crippen LogP contribution < -0.4 is 5.32 Å². The summed E-state index contributed by atoms with van der Waals surface area (Å²) in [5.41, 5.74) is 0.489. The lowest BCUT2D eigenvalue weighted by atomic mass is 9.85. The SMILES string of the molecule is O=C(C/C=C/c1ccccc1F)NC1C2CCC(C2)C1CO. The van der Waals surface area contributed by atoms with Crippen LogP contribution in [0, 0.1) is 23.6 Å². The van der Waals surface area contributed by atoms with E-state index in [0.717, 1.165) is 12.8 Å². The number of rotatable bonds is 5. The van der Waals surface area contributed by atoms with E-state index in [2.05, 4.69) is 5.32 Å². The predicted molar refractivity (Wildman–Crippen MR) is 83.4 cm³/mol. The first-order valence-corrected chi connectivity index (χ1v) is 8.00. The number of halogens is 1. The third-order valence-corrected chi connectivity index (χ3v) is 5.13. The molecule has 0 aliphatic heterocycles. The van der Waals surface area contributed by atoms with Crippen molar-refractivity contribution in [2.24, 2.45) is 17.8 Å². The Bertz CT molecular complexity index is 572. The summed E-state index contributed by atoms with van der Waals surface area (Å²) in [7, 11) is 0. The molecule has 0 saturated heterocycles. The summed E-state index contributed by atoms with van der Waals surface area (Å²) in [6, 6.07) is 6.61. The van der Waals surface area contributed by atoms with Crippen LogP contribution in [0.25, 0.3) is 6.08 Å². The molecule has 2 fully saturated rings. The largest absolute Gasteiger partial charge is 0.396 e. The summed E-state index contributed by atoms with van der Waals surface area (Å²) in [5, 5.41) is 12.6. The number of carbonyl (C=O) groups excluding carboxylic acids is 1. The molecule has 1 amide bonds. The number of aliphatic hydroxyl groups is 1. The Morgan fingerprint density at radius 1 is 1.32 bits per heavy atom. The normalized spacial score (nSPS) is 30.1. The second-order valence-electron chi connectivity index (χ2n) is 6.40. The van der Waals surface area contributed by atoms with Crippen molar-refractivity contribution in [2.45, 2.75) is 31.7 Å². The number of carbonyl (C=O) groups is 1. The minimum Gasteiger partial charge on any atom is -0.396 e. The van der Waals surface area contributed by atoms with Gasteiger partial charge < -0.3 is 10.4 Å². The third-order valence-electron chi connectivity index (χ3n) is 5.13. The summed E-state index contributed by atoms with van der Waals surface area (Å²) >= 11 is 0.